The van der Waals surface area contributed by atoms with Gasteiger partial charge in [-0.25, -0.2) is 0 Å². The van der Waals surface area contributed by atoms with Gasteiger partial charge < -0.3 is 19.3 Å². The Labute approximate surface area is 152 Å². The molecule has 0 aliphatic carbocycles. The maximum atomic E-state index is 10.9. The molecule has 0 saturated carbocycles. The molecule has 0 atom stereocenters. The van der Waals surface area contributed by atoms with E-state index in [4.69, 9.17) is 19.3 Å². The fourth-order valence-corrected chi connectivity index (χ4v) is 3.01. The number of hydrogen-bond acceptors (Lipinski definition) is 5. The van der Waals surface area contributed by atoms with Gasteiger partial charge in [-0.15, -0.1) is 0 Å². The van der Waals surface area contributed by atoms with Crippen LogP contribution in [0.3, 0.4) is 0 Å². The monoisotopic (exact) mass is 357 g/mol. The highest BCUT2D eigenvalue weighted by Crippen LogP contribution is 2.39. The Morgan fingerprint density at radius 1 is 1.08 bits per heavy atom. The molecule has 1 aliphatic heterocycles. The molecular weight excluding hydrogens is 334 g/mol. The summed E-state index contributed by atoms with van der Waals surface area (Å²) in [6.07, 6.45) is 0. The van der Waals surface area contributed by atoms with Crippen LogP contribution in [0, 0.1) is 5.92 Å². The largest absolute Gasteiger partial charge is 0.493 e. The molecule has 2 aromatic carbocycles. The molecular formula is C20H23NO5. The summed E-state index contributed by atoms with van der Waals surface area (Å²) in [5.74, 6) is 0.763. The van der Waals surface area contributed by atoms with Crippen molar-refractivity contribution in [1.29, 1.82) is 0 Å². The minimum atomic E-state index is -0.735. The number of carboxylic acid groups (broad SMARTS) is 1. The maximum Gasteiger partial charge on any atom is 0.309 e. The second kappa shape index (κ2) is 8.10. The van der Waals surface area contributed by atoms with E-state index in [-0.39, 0.29) is 5.92 Å². The van der Waals surface area contributed by atoms with Crippen molar-refractivity contribution in [3.05, 3.63) is 53.6 Å². The first-order valence-corrected chi connectivity index (χ1v) is 8.47. The van der Waals surface area contributed by atoms with E-state index in [9.17, 15) is 4.79 Å². The normalized spacial score (nSPS) is 14.5. The highest BCUT2D eigenvalue weighted by molar-refractivity contribution is 5.71. The quantitative estimate of drug-likeness (QED) is 0.784. The van der Waals surface area contributed by atoms with Gasteiger partial charge >= 0.3 is 5.97 Å². The first kappa shape index (κ1) is 18.1. The van der Waals surface area contributed by atoms with Crippen LogP contribution in [0.4, 0.5) is 0 Å². The highest BCUT2D eigenvalue weighted by Gasteiger charge is 2.32. The van der Waals surface area contributed by atoms with Gasteiger partial charge in [0.1, 0.15) is 6.61 Å². The molecule has 2 aromatic rings. The third-order valence-corrected chi connectivity index (χ3v) is 4.46. The van der Waals surface area contributed by atoms with E-state index in [0.29, 0.717) is 43.5 Å². The predicted molar refractivity (Wildman–Crippen MR) is 96.7 cm³/mol. The zero-order valence-electron chi connectivity index (χ0n) is 15.0. The number of carbonyl (C=O) groups is 1. The smallest absolute Gasteiger partial charge is 0.309 e. The van der Waals surface area contributed by atoms with Crippen molar-refractivity contribution in [3.8, 4) is 17.2 Å². The van der Waals surface area contributed by atoms with Crippen LogP contribution in [0.15, 0.2) is 42.5 Å². The fourth-order valence-electron chi connectivity index (χ4n) is 3.01. The Balaban J connectivity index is 1.72. The van der Waals surface area contributed by atoms with Crippen molar-refractivity contribution in [1.82, 2.24) is 4.90 Å². The van der Waals surface area contributed by atoms with Crippen molar-refractivity contribution in [2.75, 3.05) is 27.3 Å². The third kappa shape index (κ3) is 4.08. The van der Waals surface area contributed by atoms with Gasteiger partial charge in [0.05, 0.1) is 20.1 Å². The molecule has 1 heterocycles. The van der Waals surface area contributed by atoms with Crippen molar-refractivity contribution in [2.24, 2.45) is 5.92 Å². The summed E-state index contributed by atoms with van der Waals surface area (Å²) in [4.78, 5) is 13.0. The summed E-state index contributed by atoms with van der Waals surface area (Å²) in [6.45, 7) is 2.19. The average molecular weight is 357 g/mol. The number of ether oxygens (including phenoxy) is 3. The number of likely N-dealkylation sites (tertiary alicyclic amines) is 1. The van der Waals surface area contributed by atoms with Crippen molar-refractivity contribution in [2.45, 2.75) is 13.2 Å². The number of methoxy groups -OCH3 is 2. The molecule has 138 valence electrons. The van der Waals surface area contributed by atoms with Crippen molar-refractivity contribution >= 4 is 5.97 Å². The van der Waals surface area contributed by atoms with Crippen LogP contribution in [0.25, 0.3) is 0 Å². The summed E-state index contributed by atoms with van der Waals surface area (Å²) in [7, 11) is 3.19. The zero-order chi connectivity index (χ0) is 18.5. The van der Waals surface area contributed by atoms with E-state index < -0.39 is 5.97 Å². The summed E-state index contributed by atoms with van der Waals surface area (Å²) >= 11 is 0. The van der Waals surface area contributed by atoms with Gasteiger partial charge in [0.2, 0.25) is 5.75 Å². The van der Waals surface area contributed by atoms with Gasteiger partial charge in [-0.05, 0) is 23.3 Å². The van der Waals surface area contributed by atoms with Gasteiger partial charge in [0.25, 0.3) is 0 Å². The Kier molecular flexibility index (Phi) is 5.63. The molecule has 0 radical (unpaired) electrons. The molecule has 0 bridgehead atoms. The van der Waals surface area contributed by atoms with Crippen LogP contribution in [0.5, 0.6) is 17.2 Å². The predicted octanol–water partition coefficient (Wildman–Crippen LogP) is 2.80. The number of nitrogens with zero attached hydrogens (tertiary/aromatic N) is 1. The minimum absolute atomic E-state index is 0.271. The van der Waals surface area contributed by atoms with Gasteiger partial charge in [-0.1, -0.05) is 30.3 Å². The number of rotatable bonds is 8. The molecule has 6 nitrogen and oxygen atoms in total. The molecule has 1 aliphatic rings. The van der Waals surface area contributed by atoms with Gasteiger partial charge in [0.15, 0.2) is 11.5 Å². The van der Waals surface area contributed by atoms with Crippen molar-refractivity contribution < 1.29 is 24.1 Å². The first-order valence-electron chi connectivity index (χ1n) is 8.47. The van der Waals surface area contributed by atoms with Gasteiger partial charge in [0, 0.05) is 19.6 Å². The Bertz CT molecular complexity index is 731. The van der Waals surface area contributed by atoms with E-state index in [1.54, 1.807) is 14.2 Å². The SMILES string of the molecule is COc1cc(CN2CC(C(=O)O)C2)cc(OC)c1OCc1ccccc1. The van der Waals surface area contributed by atoms with Gasteiger partial charge in [-0.3, -0.25) is 9.69 Å². The lowest BCUT2D eigenvalue weighted by molar-refractivity contribution is -0.147. The summed E-state index contributed by atoms with van der Waals surface area (Å²) < 4.78 is 16.9. The molecule has 1 saturated heterocycles. The van der Waals surface area contributed by atoms with E-state index in [0.717, 1.165) is 11.1 Å². The lowest BCUT2D eigenvalue weighted by Gasteiger charge is -2.36. The molecule has 0 unspecified atom stereocenters. The average Bonchev–Trinajstić information content (AvgIpc) is 2.62. The number of aliphatic carboxylic acids is 1. The fraction of sp³-hybridized carbons (Fsp3) is 0.350. The molecule has 26 heavy (non-hydrogen) atoms. The lowest BCUT2D eigenvalue weighted by Crippen LogP contribution is -2.49. The third-order valence-electron chi connectivity index (χ3n) is 4.46. The van der Waals surface area contributed by atoms with Crippen LogP contribution < -0.4 is 14.2 Å². The topological polar surface area (TPSA) is 68.2 Å². The van der Waals surface area contributed by atoms with Crippen LogP contribution in [0.2, 0.25) is 0 Å². The standard InChI is InChI=1S/C20H23NO5/c1-24-17-8-15(10-21-11-16(12-21)20(22)23)9-18(25-2)19(17)26-13-14-6-4-3-5-7-14/h3-9,16H,10-13H2,1-2H3,(H,22,23). The Morgan fingerprint density at radius 2 is 1.69 bits per heavy atom. The Morgan fingerprint density at radius 3 is 2.23 bits per heavy atom. The minimum Gasteiger partial charge on any atom is -0.493 e. The molecule has 0 amide bonds. The van der Waals surface area contributed by atoms with E-state index in [1.807, 2.05) is 42.5 Å². The van der Waals surface area contributed by atoms with Crippen LogP contribution in [0.1, 0.15) is 11.1 Å². The molecule has 0 aromatic heterocycles. The number of benzene rings is 2. The van der Waals surface area contributed by atoms with Crippen LogP contribution in [-0.2, 0) is 17.9 Å². The molecule has 1 N–H and O–H groups in total. The van der Waals surface area contributed by atoms with E-state index in [1.165, 1.54) is 0 Å². The Hall–Kier alpha value is -2.73. The summed E-state index contributed by atoms with van der Waals surface area (Å²) in [6, 6.07) is 13.7. The van der Waals surface area contributed by atoms with E-state index >= 15 is 0 Å². The van der Waals surface area contributed by atoms with Crippen LogP contribution >= 0.6 is 0 Å². The highest BCUT2D eigenvalue weighted by atomic mass is 16.5. The van der Waals surface area contributed by atoms with Crippen LogP contribution in [-0.4, -0.2) is 43.3 Å². The lowest BCUT2D eigenvalue weighted by atomic mass is 9.99. The second-order valence-electron chi connectivity index (χ2n) is 6.33. The number of carboxylic acids is 1. The summed E-state index contributed by atoms with van der Waals surface area (Å²) in [5.41, 5.74) is 2.05. The second-order valence-corrected chi connectivity index (χ2v) is 6.33. The van der Waals surface area contributed by atoms with E-state index in [2.05, 4.69) is 4.90 Å². The summed E-state index contributed by atoms with van der Waals surface area (Å²) in [5, 5.41) is 8.99. The maximum absolute atomic E-state index is 10.9. The van der Waals surface area contributed by atoms with Gasteiger partial charge in [-0.2, -0.15) is 0 Å². The first-order chi connectivity index (χ1) is 12.6. The zero-order valence-corrected chi connectivity index (χ0v) is 15.0. The molecule has 0 spiro atoms. The molecule has 1 fully saturated rings. The molecule has 6 heteroatoms. The number of hydrogen-bond donors (Lipinski definition) is 1. The molecule has 3 rings (SSSR count). The van der Waals surface area contributed by atoms with Crippen molar-refractivity contribution in [3.63, 3.8) is 0 Å².